The summed E-state index contributed by atoms with van der Waals surface area (Å²) in [5.74, 6) is -1.28. The summed E-state index contributed by atoms with van der Waals surface area (Å²) < 4.78 is 72.6. The van der Waals surface area contributed by atoms with E-state index in [1.165, 1.54) is 31.4 Å². The molecule has 30 heavy (non-hydrogen) atoms. The normalized spacial score (nSPS) is 19.7. The van der Waals surface area contributed by atoms with Crippen LogP contribution in [0, 0.1) is 23.5 Å². The van der Waals surface area contributed by atoms with E-state index in [-0.39, 0.29) is 16.9 Å². The van der Waals surface area contributed by atoms with Crippen LogP contribution in [0.1, 0.15) is 57.4 Å². The van der Waals surface area contributed by atoms with Gasteiger partial charge < -0.3 is 4.74 Å². The Morgan fingerprint density at radius 1 is 0.867 bits per heavy atom. The van der Waals surface area contributed by atoms with Crippen LogP contribution in [0.3, 0.4) is 0 Å². The molecule has 0 saturated heterocycles. The fourth-order valence-corrected chi connectivity index (χ4v) is 4.09. The molecular formula is C24H27F5O. The van der Waals surface area contributed by atoms with Gasteiger partial charge in [0.05, 0.1) is 12.2 Å². The van der Waals surface area contributed by atoms with Crippen molar-refractivity contribution in [2.45, 2.75) is 58.0 Å². The van der Waals surface area contributed by atoms with Gasteiger partial charge in [0, 0.05) is 5.56 Å². The number of alkyl halides is 3. The van der Waals surface area contributed by atoms with Crippen molar-refractivity contribution < 1.29 is 26.7 Å². The Bertz CT molecular complexity index is 821. The van der Waals surface area contributed by atoms with E-state index in [9.17, 15) is 22.0 Å². The van der Waals surface area contributed by atoms with Crippen LogP contribution in [0.2, 0.25) is 0 Å². The second-order valence-corrected chi connectivity index (χ2v) is 8.15. The highest BCUT2D eigenvalue weighted by Gasteiger charge is 2.30. The van der Waals surface area contributed by atoms with Crippen LogP contribution in [-0.2, 0) is 6.18 Å². The van der Waals surface area contributed by atoms with E-state index in [1.807, 2.05) is 0 Å². The minimum Gasteiger partial charge on any atom is -0.490 e. The Kier molecular flexibility index (Phi) is 7.37. The zero-order chi connectivity index (χ0) is 21.7. The van der Waals surface area contributed by atoms with Crippen LogP contribution in [0.5, 0.6) is 5.75 Å². The van der Waals surface area contributed by atoms with Crippen LogP contribution in [0.15, 0.2) is 36.4 Å². The quantitative estimate of drug-likeness (QED) is 0.407. The molecule has 1 aliphatic carbocycles. The molecule has 0 radical (unpaired) electrons. The van der Waals surface area contributed by atoms with Crippen LogP contribution >= 0.6 is 0 Å². The highest BCUT2D eigenvalue weighted by Crippen LogP contribution is 2.35. The first-order valence-corrected chi connectivity index (χ1v) is 10.6. The van der Waals surface area contributed by atoms with Crippen molar-refractivity contribution in [2.24, 2.45) is 11.8 Å². The lowest BCUT2D eigenvalue weighted by Gasteiger charge is -2.28. The van der Waals surface area contributed by atoms with E-state index in [2.05, 4.69) is 6.92 Å². The average Bonchev–Trinajstić information content (AvgIpc) is 2.73. The topological polar surface area (TPSA) is 9.23 Å². The summed E-state index contributed by atoms with van der Waals surface area (Å²) in [5.41, 5.74) is -0.752. The second-order valence-electron chi connectivity index (χ2n) is 8.15. The van der Waals surface area contributed by atoms with Gasteiger partial charge >= 0.3 is 6.18 Å². The first-order valence-electron chi connectivity index (χ1n) is 10.6. The van der Waals surface area contributed by atoms with Gasteiger partial charge in [-0.15, -0.1) is 0 Å². The van der Waals surface area contributed by atoms with Gasteiger partial charge in [-0.3, -0.25) is 0 Å². The van der Waals surface area contributed by atoms with Gasteiger partial charge in [0.1, 0.15) is 0 Å². The standard InChI is InChI=1S/C24H27F5O/c1-2-3-4-16-5-7-17(8-6-16)15-30-21-14-13-20(22(25)23(21)26)18-9-11-19(12-10-18)24(27,28)29/h9-14,16-17H,2-8,15H2,1H3. The van der Waals surface area contributed by atoms with Gasteiger partial charge in [0.2, 0.25) is 5.82 Å². The number of halogens is 5. The largest absolute Gasteiger partial charge is 0.490 e. The number of ether oxygens (including phenoxy) is 1. The summed E-state index contributed by atoms with van der Waals surface area (Å²) >= 11 is 0. The molecule has 6 heteroatoms. The highest BCUT2D eigenvalue weighted by atomic mass is 19.4. The zero-order valence-corrected chi connectivity index (χ0v) is 17.1. The molecule has 3 rings (SSSR count). The van der Waals surface area contributed by atoms with Crippen molar-refractivity contribution in [2.75, 3.05) is 6.61 Å². The smallest absolute Gasteiger partial charge is 0.416 e. The SMILES string of the molecule is CCCCC1CCC(COc2ccc(-c3ccc(C(F)(F)F)cc3)c(F)c2F)CC1. The summed E-state index contributed by atoms with van der Waals surface area (Å²) in [7, 11) is 0. The first kappa shape index (κ1) is 22.6. The molecule has 0 spiro atoms. The van der Waals surface area contributed by atoms with Gasteiger partial charge in [-0.2, -0.15) is 17.6 Å². The maximum absolute atomic E-state index is 14.5. The lowest BCUT2D eigenvalue weighted by atomic mass is 9.80. The molecule has 0 aromatic heterocycles. The lowest BCUT2D eigenvalue weighted by Crippen LogP contribution is -2.20. The van der Waals surface area contributed by atoms with Crippen molar-refractivity contribution in [1.29, 1.82) is 0 Å². The van der Waals surface area contributed by atoms with Crippen molar-refractivity contribution in [3.05, 3.63) is 53.6 Å². The average molecular weight is 426 g/mol. The maximum atomic E-state index is 14.5. The van der Waals surface area contributed by atoms with E-state index in [1.54, 1.807) is 0 Å². The fourth-order valence-electron chi connectivity index (χ4n) is 4.09. The summed E-state index contributed by atoms with van der Waals surface area (Å²) in [5, 5.41) is 0. The number of hydrogen-bond donors (Lipinski definition) is 0. The zero-order valence-electron chi connectivity index (χ0n) is 17.1. The summed E-state index contributed by atoms with van der Waals surface area (Å²) in [6.07, 6.45) is 3.60. The molecule has 1 aliphatic rings. The van der Waals surface area contributed by atoms with E-state index < -0.39 is 23.4 Å². The van der Waals surface area contributed by atoms with Gasteiger partial charge in [-0.25, -0.2) is 4.39 Å². The predicted molar refractivity (Wildman–Crippen MR) is 107 cm³/mol. The third kappa shape index (κ3) is 5.52. The summed E-state index contributed by atoms with van der Waals surface area (Å²) in [6.45, 7) is 2.53. The Balaban J connectivity index is 1.61. The van der Waals surface area contributed by atoms with E-state index >= 15 is 0 Å². The Hall–Kier alpha value is -2.11. The Morgan fingerprint density at radius 3 is 2.10 bits per heavy atom. The van der Waals surface area contributed by atoms with Crippen LogP contribution in [0.25, 0.3) is 11.1 Å². The van der Waals surface area contributed by atoms with Gasteiger partial charge in [-0.05, 0) is 54.5 Å². The van der Waals surface area contributed by atoms with Crippen molar-refractivity contribution in [3.63, 3.8) is 0 Å². The molecule has 2 aromatic rings. The molecule has 1 nitrogen and oxygen atoms in total. The number of hydrogen-bond acceptors (Lipinski definition) is 1. The monoisotopic (exact) mass is 426 g/mol. The van der Waals surface area contributed by atoms with Gasteiger partial charge in [-0.1, -0.05) is 51.2 Å². The number of rotatable bonds is 7. The molecule has 2 aromatic carbocycles. The molecule has 0 amide bonds. The molecule has 0 aliphatic heterocycles. The number of benzene rings is 2. The molecule has 0 heterocycles. The maximum Gasteiger partial charge on any atom is 0.416 e. The van der Waals surface area contributed by atoms with Crippen molar-refractivity contribution >= 4 is 0 Å². The van der Waals surface area contributed by atoms with Crippen molar-refractivity contribution in [3.8, 4) is 16.9 Å². The van der Waals surface area contributed by atoms with Crippen LogP contribution in [0.4, 0.5) is 22.0 Å². The van der Waals surface area contributed by atoms with Gasteiger partial charge in [0.25, 0.3) is 0 Å². The summed E-state index contributed by atoms with van der Waals surface area (Å²) in [6, 6.07) is 6.68. The fraction of sp³-hybridized carbons (Fsp3) is 0.500. The minimum absolute atomic E-state index is 0.0926. The first-order chi connectivity index (χ1) is 14.3. The van der Waals surface area contributed by atoms with Crippen LogP contribution in [-0.4, -0.2) is 6.61 Å². The minimum atomic E-state index is -4.48. The second kappa shape index (κ2) is 9.80. The Morgan fingerprint density at radius 2 is 1.50 bits per heavy atom. The lowest BCUT2D eigenvalue weighted by molar-refractivity contribution is -0.137. The summed E-state index contributed by atoms with van der Waals surface area (Å²) in [4.78, 5) is 0. The molecular weight excluding hydrogens is 399 g/mol. The van der Waals surface area contributed by atoms with E-state index in [0.29, 0.717) is 12.5 Å². The molecule has 0 atom stereocenters. The molecule has 1 fully saturated rings. The molecule has 0 N–H and O–H groups in total. The Labute approximate surface area is 174 Å². The van der Waals surface area contributed by atoms with Crippen LogP contribution < -0.4 is 4.74 Å². The van der Waals surface area contributed by atoms with Crippen molar-refractivity contribution in [1.82, 2.24) is 0 Å². The molecule has 0 bridgehead atoms. The molecule has 0 unspecified atom stereocenters. The number of unbranched alkanes of at least 4 members (excludes halogenated alkanes) is 1. The predicted octanol–water partition coefficient (Wildman–Crippen LogP) is 8.03. The third-order valence-electron chi connectivity index (χ3n) is 5.98. The highest BCUT2D eigenvalue weighted by molar-refractivity contribution is 5.65. The third-order valence-corrected chi connectivity index (χ3v) is 5.98. The molecule has 1 saturated carbocycles. The van der Waals surface area contributed by atoms with Gasteiger partial charge in [0.15, 0.2) is 11.6 Å². The van der Waals surface area contributed by atoms with E-state index in [4.69, 9.17) is 4.74 Å². The van der Waals surface area contributed by atoms with E-state index in [0.717, 1.165) is 55.9 Å². The molecule has 164 valence electrons.